The van der Waals surface area contributed by atoms with E-state index in [9.17, 15) is 4.79 Å². The second kappa shape index (κ2) is 4.95. The van der Waals surface area contributed by atoms with Gasteiger partial charge in [-0.25, -0.2) is 4.98 Å². The lowest BCUT2D eigenvalue weighted by atomic mass is 10.3. The van der Waals surface area contributed by atoms with Gasteiger partial charge < -0.3 is 20.6 Å². The fourth-order valence-corrected chi connectivity index (χ4v) is 1.76. The first-order valence-corrected chi connectivity index (χ1v) is 5.81. The van der Waals surface area contributed by atoms with Gasteiger partial charge in [-0.05, 0) is 19.9 Å². The zero-order valence-electron chi connectivity index (χ0n) is 10.5. The molecule has 0 saturated heterocycles. The van der Waals surface area contributed by atoms with E-state index in [1.54, 1.807) is 24.7 Å². The number of nitrogen functional groups attached to an aromatic ring is 1. The molecule has 2 aromatic rings. The Morgan fingerprint density at radius 3 is 3.00 bits per heavy atom. The van der Waals surface area contributed by atoms with Crippen molar-refractivity contribution in [3.63, 3.8) is 0 Å². The number of nitrogens with two attached hydrogens (primary N) is 1. The Morgan fingerprint density at radius 1 is 1.61 bits per heavy atom. The summed E-state index contributed by atoms with van der Waals surface area (Å²) in [7, 11) is 0. The van der Waals surface area contributed by atoms with Crippen LogP contribution >= 0.6 is 0 Å². The molecular formula is C12H17N5O. The van der Waals surface area contributed by atoms with Crippen molar-refractivity contribution >= 4 is 11.6 Å². The van der Waals surface area contributed by atoms with Crippen LogP contribution < -0.4 is 11.1 Å². The second-order valence-electron chi connectivity index (χ2n) is 4.38. The van der Waals surface area contributed by atoms with Gasteiger partial charge in [-0.3, -0.25) is 4.79 Å². The first-order chi connectivity index (χ1) is 8.58. The number of carbonyl (C=O) groups excluding carboxylic acids is 1. The van der Waals surface area contributed by atoms with Crippen LogP contribution in [-0.4, -0.2) is 20.4 Å². The van der Waals surface area contributed by atoms with Crippen LogP contribution in [0.15, 0.2) is 24.7 Å². The summed E-state index contributed by atoms with van der Waals surface area (Å²) >= 11 is 0. The number of anilines is 1. The molecular weight excluding hydrogens is 230 g/mol. The van der Waals surface area contributed by atoms with Crippen molar-refractivity contribution in [3.05, 3.63) is 36.2 Å². The van der Waals surface area contributed by atoms with Crippen LogP contribution in [0.25, 0.3) is 0 Å². The van der Waals surface area contributed by atoms with E-state index in [2.05, 4.69) is 15.3 Å². The topological polar surface area (TPSA) is 88.7 Å². The molecule has 0 fully saturated rings. The number of amides is 1. The van der Waals surface area contributed by atoms with Gasteiger partial charge in [0.1, 0.15) is 11.5 Å². The lowest BCUT2D eigenvalue weighted by molar-refractivity contribution is 0.0939. The van der Waals surface area contributed by atoms with Crippen LogP contribution in [0.2, 0.25) is 0 Å². The van der Waals surface area contributed by atoms with Crippen molar-refractivity contribution in [2.45, 2.75) is 26.4 Å². The number of hydrogen-bond donors (Lipinski definition) is 3. The summed E-state index contributed by atoms with van der Waals surface area (Å²) in [4.78, 5) is 19.0. The highest BCUT2D eigenvalue weighted by Gasteiger charge is 2.14. The van der Waals surface area contributed by atoms with E-state index in [0.29, 0.717) is 17.9 Å². The van der Waals surface area contributed by atoms with Gasteiger partial charge in [0.05, 0.1) is 12.2 Å². The van der Waals surface area contributed by atoms with Gasteiger partial charge in [0.15, 0.2) is 0 Å². The molecule has 4 N–H and O–H groups in total. The molecule has 0 aliphatic rings. The third-order valence-electron chi connectivity index (χ3n) is 2.63. The molecule has 6 nitrogen and oxygen atoms in total. The Kier molecular flexibility index (Phi) is 3.36. The summed E-state index contributed by atoms with van der Waals surface area (Å²) in [5, 5.41) is 2.80. The van der Waals surface area contributed by atoms with Crippen LogP contribution in [0, 0.1) is 0 Å². The van der Waals surface area contributed by atoms with Crippen LogP contribution in [0.4, 0.5) is 5.69 Å². The zero-order valence-corrected chi connectivity index (χ0v) is 10.5. The maximum absolute atomic E-state index is 12.0. The highest BCUT2D eigenvalue weighted by atomic mass is 16.1. The standard InChI is InChI=1S/C12H17N5O/c1-8(2)17-7-9(13)5-10(17)12(18)16-6-11-14-3-4-15-11/h3-5,7-8H,6,13H2,1-2H3,(H,14,15)(H,16,18). The summed E-state index contributed by atoms with van der Waals surface area (Å²) in [5.41, 5.74) is 6.88. The minimum absolute atomic E-state index is 0.156. The molecule has 6 heteroatoms. The molecule has 2 heterocycles. The normalized spacial score (nSPS) is 10.8. The molecule has 0 atom stereocenters. The third kappa shape index (κ3) is 2.53. The average molecular weight is 247 g/mol. The van der Waals surface area contributed by atoms with Crippen LogP contribution in [0.5, 0.6) is 0 Å². The van der Waals surface area contributed by atoms with Gasteiger partial charge in [0, 0.05) is 24.6 Å². The summed E-state index contributed by atoms with van der Waals surface area (Å²) in [5.74, 6) is 0.566. The minimum atomic E-state index is -0.156. The van der Waals surface area contributed by atoms with Crippen molar-refractivity contribution in [1.29, 1.82) is 0 Å². The summed E-state index contributed by atoms with van der Waals surface area (Å²) < 4.78 is 1.85. The fraction of sp³-hybridized carbons (Fsp3) is 0.333. The molecule has 2 rings (SSSR count). The molecule has 0 aliphatic heterocycles. The predicted molar refractivity (Wildman–Crippen MR) is 69.0 cm³/mol. The van der Waals surface area contributed by atoms with Crippen LogP contribution in [0.3, 0.4) is 0 Å². The van der Waals surface area contributed by atoms with E-state index in [-0.39, 0.29) is 11.9 Å². The maximum Gasteiger partial charge on any atom is 0.268 e. The lowest BCUT2D eigenvalue weighted by Gasteiger charge is -2.12. The average Bonchev–Trinajstić information content (AvgIpc) is 2.94. The Bertz CT molecular complexity index is 527. The SMILES string of the molecule is CC(C)n1cc(N)cc1C(=O)NCc1ncc[nH]1. The first-order valence-electron chi connectivity index (χ1n) is 5.81. The quantitative estimate of drug-likeness (QED) is 0.761. The number of carbonyl (C=O) groups is 1. The number of aromatic amines is 1. The van der Waals surface area contributed by atoms with Gasteiger partial charge in [-0.2, -0.15) is 0 Å². The van der Waals surface area contributed by atoms with Gasteiger partial charge in [-0.15, -0.1) is 0 Å². The number of nitrogens with zero attached hydrogens (tertiary/aromatic N) is 2. The second-order valence-corrected chi connectivity index (χ2v) is 4.38. The van der Waals surface area contributed by atoms with E-state index in [4.69, 9.17) is 5.73 Å². The highest BCUT2D eigenvalue weighted by molar-refractivity contribution is 5.93. The number of hydrogen-bond acceptors (Lipinski definition) is 3. The predicted octanol–water partition coefficient (Wildman–Crippen LogP) is 1.30. The molecule has 0 unspecified atom stereocenters. The summed E-state index contributed by atoms with van der Waals surface area (Å²) in [6, 6.07) is 1.86. The van der Waals surface area contributed by atoms with Crippen molar-refractivity contribution < 1.29 is 4.79 Å². The van der Waals surface area contributed by atoms with E-state index < -0.39 is 0 Å². The van der Waals surface area contributed by atoms with Crippen LogP contribution in [0.1, 0.15) is 36.2 Å². The number of rotatable bonds is 4. The summed E-state index contributed by atoms with van der Waals surface area (Å²) in [6.07, 6.45) is 5.14. The maximum atomic E-state index is 12.0. The van der Waals surface area contributed by atoms with Crippen molar-refractivity contribution in [3.8, 4) is 0 Å². The van der Waals surface area contributed by atoms with E-state index in [1.165, 1.54) is 0 Å². The van der Waals surface area contributed by atoms with E-state index in [0.717, 1.165) is 5.82 Å². The van der Waals surface area contributed by atoms with Crippen molar-refractivity contribution in [1.82, 2.24) is 19.9 Å². The van der Waals surface area contributed by atoms with Gasteiger partial charge in [-0.1, -0.05) is 0 Å². The van der Waals surface area contributed by atoms with Crippen molar-refractivity contribution in [2.75, 3.05) is 5.73 Å². The van der Waals surface area contributed by atoms with Crippen molar-refractivity contribution in [2.24, 2.45) is 0 Å². The number of H-pyrrole nitrogens is 1. The largest absolute Gasteiger partial charge is 0.397 e. The van der Waals surface area contributed by atoms with E-state index in [1.807, 2.05) is 18.4 Å². The Balaban J connectivity index is 2.09. The zero-order chi connectivity index (χ0) is 13.1. The highest BCUT2D eigenvalue weighted by Crippen LogP contribution is 2.16. The third-order valence-corrected chi connectivity index (χ3v) is 2.63. The van der Waals surface area contributed by atoms with Gasteiger partial charge in [0.25, 0.3) is 5.91 Å². The fourth-order valence-electron chi connectivity index (χ4n) is 1.76. The molecule has 18 heavy (non-hydrogen) atoms. The molecule has 0 bridgehead atoms. The minimum Gasteiger partial charge on any atom is -0.397 e. The van der Waals surface area contributed by atoms with Gasteiger partial charge in [0.2, 0.25) is 0 Å². The monoisotopic (exact) mass is 247 g/mol. The number of nitrogens with one attached hydrogen (secondary N) is 2. The summed E-state index contributed by atoms with van der Waals surface area (Å²) in [6.45, 7) is 4.38. The molecule has 0 saturated carbocycles. The molecule has 1 amide bonds. The molecule has 0 radical (unpaired) electrons. The molecule has 0 aromatic carbocycles. The van der Waals surface area contributed by atoms with E-state index >= 15 is 0 Å². The number of aromatic nitrogens is 3. The Hall–Kier alpha value is -2.24. The van der Waals surface area contributed by atoms with Gasteiger partial charge >= 0.3 is 0 Å². The molecule has 0 aliphatic carbocycles. The molecule has 2 aromatic heterocycles. The Labute approximate surface area is 105 Å². The molecule has 96 valence electrons. The number of imidazole rings is 1. The Morgan fingerprint density at radius 2 is 2.39 bits per heavy atom. The lowest BCUT2D eigenvalue weighted by Crippen LogP contribution is -2.26. The first kappa shape index (κ1) is 12.2. The smallest absolute Gasteiger partial charge is 0.268 e. The molecule has 0 spiro atoms. The van der Waals surface area contributed by atoms with Crippen LogP contribution in [-0.2, 0) is 6.54 Å².